The van der Waals surface area contributed by atoms with E-state index in [0.717, 1.165) is 74.4 Å². The lowest BCUT2D eigenvalue weighted by Crippen LogP contribution is -2.62. The van der Waals surface area contributed by atoms with Crippen molar-refractivity contribution in [3.63, 3.8) is 0 Å². The number of carbonyl (C=O) groups is 2. The van der Waals surface area contributed by atoms with Crippen molar-refractivity contribution in [2.45, 2.75) is 62.6 Å². The second-order valence-corrected chi connectivity index (χ2v) is 11.4. The normalized spacial score (nSPS) is 31.2. The Balaban J connectivity index is 1.25. The largest absolute Gasteiger partial charge is 0.490 e. The molecule has 4 aliphatic heterocycles. The molecule has 3 saturated heterocycles. The number of nitrogens with one attached hydrogen (secondary N) is 3. The van der Waals surface area contributed by atoms with Crippen LogP contribution in [0.15, 0.2) is 28.8 Å². The lowest BCUT2D eigenvalue weighted by Gasteiger charge is -2.46. The molecule has 4 atom stereocenters. The number of ether oxygens (including phenoxy) is 1. The first-order chi connectivity index (χ1) is 16.5. The van der Waals surface area contributed by atoms with Gasteiger partial charge in [-0.25, -0.2) is 4.79 Å². The molecule has 3 unspecified atom stereocenters. The smallest absolute Gasteiger partial charge is 0.326 e. The van der Waals surface area contributed by atoms with Gasteiger partial charge >= 0.3 is 6.03 Å². The van der Waals surface area contributed by atoms with Crippen LogP contribution in [0.2, 0.25) is 0 Å². The van der Waals surface area contributed by atoms with Gasteiger partial charge in [0.2, 0.25) is 0 Å². The van der Waals surface area contributed by atoms with Gasteiger partial charge in [-0.15, -0.1) is 0 Å². The Hall–Kier alpha value is -2.23. The van der Waals surface area contributed by atoms with Crippen LogP contribution in [0.25, 0.3) is 0 Å². The predicted molar refractivity (Wildman–Crippen MR) is 133 cm³/mol. The molecule has 1 aromatic carbocycles. The highest BCUT2D eigenvalue weighted by Crippen LogP contribution is 2.48. The maximum atomic E-state index is 13.4. The number of hydrogen-bond donors (Lipinski definition) is 3. The highest BCUT2D eigenvalue weighted by atomic mass is 32.2. The lowest BCUT2D eigenvalue weighted by molar-refractivity contribution is -0.117. The van der Waals surface area contributed by atoms with Crippen molar-refractivity contribution in [1.29, 1.82) is 0 Å². The molecular formula is C25H33N5O3S. The first kappa shape index (κ1) is 22.2. The zero-order valence-corrected chi connectivity index (χ0v) is 20.6. The molecule has 3 amide bonds. The number of amides is 3. The first-order valence-electron chi connectivity index (χ1n) is 12.5. The maximum absolute atomic E-state index is 13.4. The average Bonchev–Trinajstić information content (AvgIpc) is 3.54. The number of likely N-dealkylation sites (N-methyl/N-ethyl adjacent to an activating group) is 1. The van der Waals surface area contributed by atoms with E-state index in [4.69, 9.17) is 4.74 Å². The highest BCUT2D eigenvalue weighted by molar-refractivity contribution is 8.04. The minimum atomic E-state index is -0.152. The van der Waals surface area contributed by atoms with Crippen LogP contribution in [-0.2, 0) is 4.79 Å². The van der Waals surface area contributed by atoms with Gasteiger partial charge in [-0.3, -0.25) is 9.69 Å². The molecule has 1 saturated carbocycles. The number of nitrogens with zero attached hydrogens (tertiary/aromatic N) is 2. The van der Waals surface area contributed by atoms with Crippen LogP contribution >= 0.6 is 11.8 Å². The number of benzene rings is 1. The minimum absolute atomic E-state index is 0.0162. The Morgan fingerprint density at radius 1 is 1.24 bits per heavy atom. The van der Waals surface area contributed by atoms with Crippen LogP contribution in [0.3, 0.4) is 0 Å². The third-order valence-electron chi connectivity index (χ3n) is 7.56. The van der Waals surface area contributed by atoms with Crippen molar-refractivity contribution in [3.05, 3.63) is 34.4 Å². The molecule has 1 aromatic rings. The zero-order valence-electron chi connectivity index (χ0n) is 19.8. The molecule has 6 rings (SSSR count). The number of anilines is 1. The molecule has 1 aliphatic carbocycles. The Labute approximate surface area is 204 Å². The van der Waals surface area contributed by atoms with E-state index in [9.17, 15) is 9.59 Å². The molecule has 182 valence electrons. The second-order valence-electron chi connectivity index (χ2n) is 10.3. The fraction of sp³-hybridized carbons (Fsp3) is 0.600. The summed E-state index contributed by atoms with van der Waals surface area (Å²) in [7, 11) is 2.09. The third-order valence-corrected chi connectivity index (χ3v) is 8.92. The summed E-state index contributed by atoms with van der Waals surface area (Å²) in [5.74, 6) is 0.878. The van der Waals surface area contributed by atoms with E-state index in [1.165, 1.54) is 0 Å². The Kier molecular flexibility index (Phi) is 5.74. The summed E-state index contributed by atoms with van der Waals surface area (Å²) in [6.45, 7) is 4.80. The molecule has 5 aliphatic rings. The van der Waals surface area contributed by atoms with Crippen LogP contribution in [-0.4, -0.2) is 67.1 Å². The van der Waals surface area contributed by atoms with Gasteiger partial charge < -0.3 is 25.6 Å². The van der Waals surface area contributed by atoms with Gasteiger partial charge in [0.15, 0.2) is 0 Å². The highest BCUT2D eigenvalue weighted by Gasteiger charge is 2.52. The van der Waals surface area contributed by atoms with Crippen LogP contribution in [0.4, 0.5) is 10.5 Å². The number of urea groups is 1. The van der Waals surface area contributed by atoms with Gasteiger partial charge in [0, 0.05) is 29.9 Å². The number of aryl methyl sites for hydroxylation is 1. The molecule has 3 N–H and O–H groups in total. The second kappa shape index (κ2) is 8.77. The van der Waals surface area contributed by atoms with Crippen molar-refractivity contribution in [2.75, 3.05) is 31.6 Å². The molecular weight excluding hydrogens is 450 g/mol. The first-order valence-corrected chi connectivity index (χ1v) is 13.4. The van der Waals surface area contributed by atoms with E-state index in [1.807, 2.05) is 30.0 Å². The van der Waals surface area contributed by atoms with Gasteiger partial charge in [0.25, 0.3) is 5.91 Å². The van der Waals surface area contributed by atoms with Crippen molar-refractivity contribution in [2.24, 2.45) is 5.92 Å². The topological polar surface area (TPSA) is 85.9 Å². The average molecular weight is 484 g/mol. The zero-order chi connectivity index (χ0) is 23.4. The molecule has 0 aromatic heterocycles. The molecule has 9 heteroatoms. The van der Waals surface area contributed by atoms with Crippen LogP contribution in [0.1, 0.15) is 37.7 Å². The molecule has 0 radical (unpaired) electrons. The molecule has 4 heterocycles. The monoisotopic (exact) mass is 483 g/mol. The van der Waals surface area contributed by atoms with Crippen molar-refractivity contribution >= 4 is 29.4 Å². The van der Waals surface area contributed by atoms with Crippen molar-refractivity contribution in [3.8, 4) is 5.75 Å². The third kappa shape index (κ3) is 4.07. The van der Waals surface area contributed by atoms with E-state index in [1.54, 1.807) is 11.8 Å². The van der Waals surface area contributed by atoms with Gasteiger partial charge in [-0.05, 0) is 82.9 Å². The van der Waals surface area contributed by atoms with Crippen LogP contribution < -0.4 is 25.6 Å². The SMILES string of the molecule is Cc1cc(OC2CC2)ccc1N1C(=O)NC2=C(C(=O)N[C@@H]3CCCN(C)C3)SC3NCCC1C23. The Morgan fingerprint density at radius 2 is 2.09 bits per heavy atom. The number of thioether (sulfide) groups is 1. The summed E-state index contributed by atoms with van der Waals surface area (Å²) < 4.78 is 5.95. The molecule has 4 fully saturated rings. The summed E-state index contributed by atoms with van der Waals surface area (Å²) in [4.78, 5) is 31.6. The van der Waals surface area contributed by atoms with E-state index in [0.29, 0.717) is 11.0 Å². The minimum Gasteiger partial charge on any atom is -0.490 e. The van der Waals surface area contributed by atoms with Gasteiger partial charge in [0.05, 0.1) is 22.4 Å². The summed E-state index contributed by atoms with van der Waals surface area (Å²) in [5, 5.41) is 10.0. The summed E-state index contributed by atoms with van der Waals surface area (Å²) in [6.07, 6.45) is 5.51. The van der Waals surface area contributed by atoms with E-state index in [2.05, 4.69) is 27.9 Å². The van der Waals surface area contributed by atoms with E-state index < -0.39 is 0 Å². The Bertz CT molecular complexity index is 1040. The van der Waals surface area contributed by atoms with Crippen LogP contribution in [0.5, 0.6) is 5.75 Å². The van der Waals surface area contributed by atoms with Crippen molar-refractivity contribution in [1.82, 2.24) is 20.9 Å². The number of hydrogen-bond acceptors (Lipinski definition) is 6. The van der Waals surface area contributed by atoms with Gasteiger partial charge in [-0.2, -0.15) is 0 Å². The predicted octanol–water partition coefficient (Wildman–Crippen LogP) is 2.54. The number of carbonyl (C=O) groups excluding carboxylic acids is 2. The van der Waals surface area contributed by atoms with Gasteiger partial charge in [-0.1, -0.05) is 11.8 Å². The van der Waals surface area contributed by atoms with Gasteiger partial charge in [0.1, 0.15) is 5.75 Å². The quantitative estimate of drug-likeness (QED) is 0.597. The summed E-state index contributed by atoms with van der Waals surface area (Å²) in [6, 6.07) is 6.04. The maximum Gasteiger partial charge on any atom is 0.326 e. The molecule has 8 nitrogen and oxygen atoms in total. The molecule has 0 spiro atoms. The fourth-order valence-electron chi connectivity index (χ4n) is 5.79. The fourth-order valence-corrected chi connectivity index (χ4v) is 7.19. The number of likely N-dealkylation sites (tertiary alicyclic amines) is 1. The number of rotatable bonds is 5. The summed E-state index contributed by atoms with van der Waals surface area (Å²) >= 11 is 1.57. The standard InChI is InChI=1S/C25H33N5O3S/c1-14-12-17(33-16-5-6-16)7-8-18(14)30-19-9-10-26-24-20(19)21(28-25(30)32)22(34-24)23(31)27-15-4-3-11-29(2)13-15/h7-8,12,15-16,19-20,24,26H,3-6,9-11,13H2,1-2H3,(H,27,31)(H,28,32)/t15-,19?,20?,24?/m1/s1. The van der Waals surface area contributed by atoms with Crippen molar-refractivity contribution < 1.29 is 14.3 Å². The number of piperidine rings is 2. The van der Waals surface area contributed by atoms with E-state index in [-0.39, 0.29) is 35.3 Å². The summed E-state index contributed by atoms with van der Waals surface area (Å²) in [5.41, 5.74) is 2.74. The molecule has 34 heavy (non-hydrogen) atoms. The van der Waals surface area contributed by atoms with E-state index >= 15 is 0 Å². The van der Waals surface area contributed by atoms with Crippen LogP contribution in [0, 0.1) is 12.8 Å². The molecule has 0 bridgehead atoms. The lowest BCUT2D eigenvalue weighted by atomic mass is 9.86. The Morgan fingerprint density at radius 3 is 2.85 bits per heavy atom.